The quantitative estimate of drug-likeness (QED) is 0.677. The first-order chi connectivity index (χ1) is 11.5. The van der Waals surface area contributed by atoms with Crippen molar-refractivity contribution < 1.29 is 4.79 Å². The van der Waals surface area contributed by atoms with Crippen molar-refractivity contribution in [1.29, 1.82) is 0 Å². The van der Waals surface area contributed by atoms with Crippen molar-refractivity contribution in [2.24, 2.45) is 12.0 Å². The third-order valence-electron chi connectivity index (χ3n) is 3.69. The van der Waals surface area contributed by atoms with Crippen molar-refractivity contribution in [3.05, 3.63) is 88.5 Å². The van der Waals surface area contributed by atoms with Crippen LogP contribution in [0.5, 0.6) is 0 Å². The Morgan fingerprint density at radius 1 is 1.04 bits per heavy atom. The lowest BCUT2D eigenvalue weighted by atomic mass is 10.1. The largest absolute Gasteiger partial charge is 0.332 e. The summed E-state index contributed by atoms with van der Waals surface area (Å²) in [6, 6.07) is 14.6. The molecule has 1 aromatic heterocycles. The molecule has 24 heavy (non-hydrogen) atoms. The second-order valence-electron chi connectivity index (χ2n) is 5.53. The van der Waals surface area contributed by atoms with Gasteiger partial charge < -0.3 is 4.57 Å². The maximum atomic E-state index is 12.6. The van der Waals surface area contributed by atoms with Crippen molar-refractivity contribution in [1.82, 2.24) is 9.55 Å². The average molecular weight is 338 g/mol. The highest BCUT2D eigenvalue weighted by molar-refractivity contribution is 6.30. The van der Waals surface area contributed by atoms with E-state index in [4.69, 9.17) is 11.6 Å². The van der Waals surface area contributed by atoms with E-state index in [1.165, 1.54) is 0 Å². The zero-order valence-corrected chi connectivity index (χ0v) is 14.2. The van der Waals surface area contributed by atoms with E-state index < -0.39 is 0 Å². The first-order valence-corrected chi connectivity index (χ1v) is 7.85. The van der Waals surface area contributed by atoms with E-state index in [1.807, 2.05) is 42.8 Å². The van der Waals surface area contributed by atoms with Crippen LogP contribution in [0.1, 0.15) is 27.2 Å². The maximum Gasteiger partial charge on any atom is 0.277 e. The Balaban J connectivity index is 2.07. The molecule has 0 aliphatic carbocycles. The molecular formula is C19H16ClN3O. The maximum absolute atomic E-state index is 12.6. The summed E-state index contributed by atoms with van der Waals surface area (Å²) in [4.78, 5) is 21.0. The van der Waals surface area contributed by atoms with E-state index in [1.54, 1.807) is 36.8 Å². The number of amides is 1. The van der Waals surface area contributed by atoms with Crippen molar-refractivity contribution in [2.45, 2.75) is 6.92 Å². The Kier molecular flexibility index (Phi) is 4.58. The van der Waals surface area contributed by atoms with Crippen LogP contribution < -0.4 is 0 Å². The molecule has 0 aliphatic rings. The molecule has 0 aliphatic heterocycles. The first kappa shape index (κ1) is 16.1. The number of aryl methyl sites for hydroxylation is 2. The molecule has 3 aromatic rings. The van der Waals surface area contributed by atoms with Crippen molar-refractivity contribution in [2.75, 3.05) is 0 Å². The van der Waals surface area contributed by atoms with Crippen molar-refractivity contribution >= 4 is 23.2 Å². The predicted octanol–water partition coefficient (Wildman–Crippen LogP) is 4.06. The molecular weight excluding hydrogens is 322 g/mol. The molecule has 0 saturated carbocycles. The molecule has 120 valence electrons. The van der Waals surface area contributed by atoms with Gasteiger partial charge in [-0.05, 0) is 31.2 Å². The molecule has 1 heterocycles. The van der Waals surface area contributed by atoms with Gasteiger partial charge in [-0.15, -0.1) is 0 Å². The van der Waals surface area contributed by atoms with Crippen LogP contribution in [0.3, 0.4) is 0 Å². The fourth-order valence-corrected chi connectivity index (χ4v) is 2.45. The number of nitrogens with zero attached hydrogens (tertiary/aromatic N) is 3. The van der Waals surface area contributed by atoms with Crippen LogP contribution in [0, 0.1) is 6.92 Å². The highest BCUT2D eigenvalue weighted by Gasteiger charge is 2.14. The number of aromatic nitrogens is 2. The lowest BCUT2D eigenvalue weighted by Crippen LogP contribution is -2.11. The molecule has 0 spiro atoms. The fourth-order valence-electron chi connectivity index (χ4n) is 2.33. The zero-order valence-electron chi connectivity index (χ0n) is 13.4. The Bertz CT molecular complexity index is 893. The average Bonchev–Trinajstić information content (AvgIpc) is 3.00. The van der Waals surface area contributed by atoms with Gasteiger partial charge in [0.25, 0.3) is 5.91 Å². The van der Waals surface area contributed by atoms with E-state index in [-0.39, 0.29) is 5.91 Å². The molecule has 0 bridgehead atoms. The van der Waals surface area contributed by atoms with Gasteiger partial charge in [0.2, 0.25) is 0 Å². The number of carbonyl (C=O) groups is 1. The lowest BCUT2D eigenvalue weighted by Gasteiger charge is -2.08. The SMILES string of the molecule is Cc1ccc(C(=O)/N=C(\c2ccc(Cl)cc2)c2cncn2C)cc1. The normalized spacial score (nSPS) is 11.5. The Hall–Kier alpha value is -2.72. The summed E-state index contributed by atoms with van der Waals surface area (Å²) in [5.41, 5.74) is 3.79. The Labute approximate surface area is 145 Å². The number of carbonyl (C=O) groups excluding carboxylic acids is 1. The number of benzene rings is 2. The second kappa shape index (κ2) is 6.81. The highest BCUT2D eigenvalue weighted by Crippen LogP contribution is 2.16. The van der Waals surface area contributed by atoms with Gasteiger partial charge in [0, 0.05) is 23.2 Å². The van der Waals surface area contributed by atoms with E-state index in [0.29, 0.717) is 16.3 Å². The van der Waals surface area contributed by atoms with Crippen LogP contribution in [-0.4, -0.2) is 21.2 Å². The van der Waals surface area contributed by atoms with E-state index in [2.05, 4.69) is 9.98 Å². The number of rotatable bonds is 3. The Morgan fingerprint density at radius 2 is 1.67 bits per heavy atom. The molecule has 0 radical (unpaired) electrons. The summed E-state index contributed by atoms with van der Waals surface area (Å²) < 4.78 is 1.83. The van der Waals surface area contributed by atoms with Crippen molar-refractivity contribution in [3.8, 4) is 0 Å². The van der Waals surface area contributed by atoms with Gasteiger partial charge in [-0.25, -0.2) is 9.98 Å². The third-order valence-corrected chi connectivity index (χ3v) is 3.94. The minimum absolute atomic E-state index is 0.291. The van der Waals surface area contributed by atoms with Crippen LogP contribution >= 0.6 is 11.6 Å². The van der Waals surface area contributed by atoms with Crippen LogP contribution in [0.2, 0.25) is 5.02 Å². The summed E-state index contributed by atoms with van der Waals surface area (Å²) in [5, 5.41) is 0.632. The third kappa shape index (κ3) is 3.44. The van der Waals surface area contributed by atoms with Gasteiger partial charge in [0.15, 0.2) is 0 Å². The number of hydrogen-bond donors (Lipinski definition) is 0. The van der Waals surface area contributed by atoms with Crippen LogP contribution in [-0.2, 0) is 7.05 Å². The summed E-state index contributed by atoms with van der Waals surface area (Å²) in [7, 11) is 1.87. The van der Waals surface area contributed by atoms with Crippen LogP contribution in [0.15, 0.2) is 66.0 Å². The van der Waals surface area contributed by atoms with Gasteiger partial charge in [0.1, 0.15) is 0 Å². The standard InChI is InChI=1S/C19H16ClN3O/c1-13-3-5-15(6-4-13)19(24)22-18(17-11-21-12-23(17)2)14-7-9-16(20)10-8-14/h3-12H,1-2H3/b22-18+. The van der Waals surface area contributed by atoms with Gasteiger partial charge in [-0.2, -0.15) is 0 Å². The number of hydrogen-bond acceptors (Lipinski definition) is 2. The van der Waals surface area contributed by atoms with E-state index in [9.17, 15) is 4.79 Å². The summed E-state index contributed by atoms with van der Waals surface area (Å²) >= 11 is 5.96. The molecule has 0 fully saturated rings. The molecule has 0 unspecified atom stereocenters. The monoisotopic (exact) mass is 337 g/mol. The minimum Gasteiger partial charge on any atom is -0.332 e. The molecule has 4 nitrogen and oxygen atoms in total. The molecule has 2 aromatic carbocycles. The molecule has 0 saturated heterocycles. The van der Waals surface area contributed by atoms with E-state index >= 15 is 0 Å². The predicted molar refractivity (Wildman–Crippen MR) is 95.8 cm³/mol. The molecule has 0 N–H and O–H groups in total. The lowest BCUT2D eigenvalue weighted by molar-refractivity contribution is 0.100. The van der Waals surface area contributed by atoms with Crippen LogP contribution in [0.25, 0.3) is 0 Å². The Morgan fingerprint density at radius 3 is 2.25 bits per heavy atom. The fraction of sp³-hybridized carbons (Fsp3) is 0.105. The smallest absolute Gasteiger partial charge is 0.277 e. The molecule has 0 atom stereocenters. The minimum atomic E-state index is -0.291. The van der Waals surface area contributed by atoms with Gasteiger partial charge >= 0.3 is 0 Å². The molecule has 5 heteroatoms. The highest BCUT2D eigenvalue weighted by atomic mass is 35.5. The topological polar surface area (TPSA) is 47.2 Å². The molecule has 3 rings (SSSR count). The summed E-state index contributed by atoms with van der Waals surface area (Å²) in [6.45, 7) is 1.98. The van der Waals surface area contributed by atoms with Crippen molar-refractivity contribution in [3.63, 3.8) is 0 Å². The number of aliphatic imine (C=N–C) groups is 1. The van der Waals surface area contributed by atoms with Crippen LogP contribution in [0.4, 0.5) is 0 Å². The molecule has 1 amide bonds. The number of halogens is 1. The van der Waals surface area contributed by atoms with Gasteiger partial charge in [-0.1, -0.05) is 41.4 Å². The number of imidazole rings is 1. The second-order valence-corrected chi connectivity index (χ2v) is 5.96. The summed E-state index contributed by atoms with van der Waals surface area (Å²) in [5.74, 6) is -0.291. The first-order valence-electron chi connectivity index (χ1n) is 7.47. The van der Waals surface area contributed by atoms with Gasteiger partial charge in [0.05, 0.1) is 23.9 Å². The summed E-state index contributed by atoms with van der Waals surface area (Å²) in [6.07, 6.45) is 3.37. The van der Waals surface area contributed by atoms with Gasteiger partial charge in [-0.3, -0.25) is 4.79 Å². The zero-order chi connectivity index (χ0) is 17.1. The van der Waals surface area contributed by atoms with E-state index in [0.717, 1.165) is 16.8 Å².